The molecule has 5 heteroatoms. The van der Waals surface area contributed by atoms with E-state index in [0.717, 1.165) is 43.1 Å². The maximum absolute atomic E-state index is 5.47. The molecule has 0 aliphatic carbocycles. The number of nitrogens with two attached hydrogens (primary N) is 1. The van der Waals surface area contributed by atoms with Crippen LogP contribution in [0.4, 0.5) is 11.6 Å². The first-order chi connectivity index (χ1) is 7.78. The van der Waals surface area contributed by atoms with E-state index < -0.39 is 0 Å². The second-order valence-electron chi connectivity index (χ2n) is 3.59. The fourth-order valence-corrected chi connectivity index (χ4v) is 1.80. The van der Waals surface area contributed by atoms with E-state index in [2.05, 4.69) is 41.1 Å². The molecule has 0 aliphatic rings. The monoisotopic (exact) mass is 223 g/mol. The maximum atomic E-state index is 5.47. The quantitative estimate of drug-likeness (QED) is 0.566. The molecule has 0 bridgehead atoms. The van der Waals surface area contributed by atoms with Crippen LogP contribution in [-0.2, 0) is 6.42 Å². The normalized spacial score (nSPS) is 10.2. The van der Waals surface area contributed by atoms with Gasteiger partial charge in [0.2, 0.25) is 0 Å². The SMILES string of the molecule is CCCc1c(NN)ncnc1N(CC)CC. The van der Waals surface area contributed by atoms with Gasteiger partial charge < -0.3 is 10.3 Å². The van der Waals surface area contributed by atoms with Gasteiger partial charge in [0.05, 0.1) is 0 Å². The van der Waals surface area contributed by atoms with E-state index in [4.69, 9.17) is 5.84 Å². The fraction of sp³-hybridized carbons (Fsp3) is 0.636. The minimum Gasteiger partial charge on any atom is -0.357 e. The Morgan fingerprint density at radius 2 is 1.94 bits per heavy atom. The lowest BCUT2D eigenvalue weighted by atomic mass is 10.1. The van der Waals surface area contributed by atoms with Crippen molar-refractivity contribution in [1.82, 2.24) is 9.97 Å². The number of rotatable bonds is 6. The van der Waals surface area contributed by atoms with Crippen LogP contribution in [0.5, 0.6) is 0 Å². The predicted molar refractivity (Wildman–Crippen MR) is 67.4 cm³/mol. The molecule has 0 unspecified atom stereocenters. The minimum atomic E-state index is 0.735. The summed E-state index contributed by atoms with van der Waals surface area (Å²) in [6.07, 6.45) is 3.55. The van der Waals surface area contributed by atoms with Gasteiger partial charge in [-0.1, -0.05) is 13.3 Å². The van der Waals surface area contributed by atoms with Crippen molar-refractivity contribution in [3.63, 3.8) is 0 Å². The summed E-state index contributed by atoms with van der Waals surface area (Å²) in [7, 11) is 0. The number of hydrogen-bond acceptors (Lipinski definition) is 5. The predicted octanol–water partition coefficient (Wildman–Crippen LogP) is 1.56. The van der Waals surface area contributed by atoms with Gasteiger partial charge in [-0.3, -0.25) is 0 Å². The van der Waals surface area contributed by atoms with E-state index in [-0.39, 0.29) is 0 Å². The molecule has 0 saturated heterocycles. The van der Waals surface area contributed by atoms with Crippen LogP contribution in [0.2, 0.25) is 0 Å². The molecule has 1 aromatic heterocycles. The molecule has 1 heterocycles. The van der Waals surface area contributed by atoms with E-state index in [0.29, 0.717) is 0 Å². The van der Waals surface area contributed by atoms with Crippen molar-refractivity contribution in [2.75, 3.05) is 23.4 Å². The fourth-order valence-electron chi connectivity index (χ4n) is 1.80. The first kappa shape index (κ1) is 12.7. The van der Waals surface area contributed by atoms with Crippen LogP contribution in [0.15, 0.2) is 6.33 Å². The standard InChI is InChI=1S/C11H21N5/c1-4-7-9-10(15-12)13-8-14-11(9)16(5-2)6-3/h8H,4-7,12H2,1-3H3,(H,13,14,15). The van der Waals surface area contributed by atoms with Crippen LogP contribution in [0.25, 0.3) is 0 Å². The van der Waals surface area contributed by atoms with Crippen LogP contribution < -0.4 is 16.2 Å². The number of nitrogens with zero attached hydrogens (tertiary/aromatic N) is 3. The molecule has 90 valence electrons. The Morgan fingerprint density at radius 1 is 1.25 bits per heavy atom. The first-order valence-electron chi connectivity index (χ1n) is 5.83. The number of anilines is 2. The van der Waals surface area contributed by atoms with Crippen molar-refractivity contribution >= 4 is 11.6 Å². The molecule has 1 rings (SSSR count). The van der Waals surface area contributed by atoms with Crippen molar-refractivity contribution in [3.05, 3.63) is 11.9 Å². The number of hydrogen-bond donors (Lipinski definition) is 2. The highest BCUT2D eigenvalue weighted by Gasteiger charge is 2.13. The number of aromatic nitrogens is 2. The molecule has 0 radical (unpaired) electrons. The Bertz CT molecular complexity index is 322. The Kier molecular flexibility index (Phi) is 4.98. The van der Waals surface area contributed by atoms with Gasteiger partial charge in [0, 0.05) is 18.7 Å². The first-order valence-corrected chi connectivity index (χ1v) is 5.83. The van der Waals surface area contributed by atoms with E-state index >= 15 is 0 Å². The van der Waals surface area contributed by atoms with E-state index in [9.17, 15) is 0 Å². The molecule has 3 N–H and O–H groups in total. The van der Waals surface area contributed by atoms with Gasteiger partial charge in [0.15, 0.2) is 0 Å². The highest BCUT2D eigenvalue weighted by molar-refractivity contribution is 5.58. The topological polar surface area (TPSA) is 67.1 Å². The van der Waals surface area contributed by atoms with Gasteiger partial charge in [-0.2, -0.15) is 0 Å². The third-order valence-corrected chi connectivity index (χ3v) is 2.62. The van der Waals surface area contributed by atoms with Crippen molar-refractivity contribution in [2.24, 2.45) is 5.84 Å². The molecular weight excluding hydrogens is 202 g/mol. The lowest BCUT2D eigenvalue weighted by molar-refractivity contribution is 0.812. The van der Waals surface area contributed by atoms with Crippen molar-refractivity contribution < 1.29 is 0 Å². The Hall–Kier alpha value is -1.36. The summed E-state index contributed by atoms with van der Waals surface area (Å²) in [5, 5.41) is 0. The molecule has 0 aromatic carbocycles. The highest BCUT2D eigenvalue weighted by Crippen LogP contribution is 2.24. The minimum absolute atomic E-state index is 0.735. The van der Waals surface area contributed by atoms with Gasteiger partial charge in [-0.25, -0.2) is 15.8 Å². The summed E-state index contributed by atoms with van der Waals surface area (Å²) in [5.41, 5.74) is 3.75. The van der Waals surface area contributed by atoms with Crippen LogP contribution in [0, 0.1) is 0 Å². The smallest absolute Gasteiger partial charge is 0.148 e. The zero-order valence-corrected chi connectivity index (χ0v) is 10.3. The summed E-state index contributed by atoms with van der Waals surface area (Å²) in [6.45, 7) is 8.26. The Labute approximate surface area is 97.0 Å². The Balaban J connectivity index is 3.14. The van der Waals surface area contributed by atoms with Crippen LogP contribution in [0.1, 0.15) is 32.8 Å². The summed E-state index contributed by atoms with van der Waals surface area (Å²) < 4.78 is 0. The van der Waals surface area contributed by atoms with Crippen LogP contribution in [-0.4, -0.2) is 23.1 Å². The average molecular weight is 223 g/mol. The molecule has 16 heavy (non-hydrogen) atoms. The highest BCUT2D eigenvalue weighted by atomic mass is 15.3. The van der Waals surface area contributed by atoms with Gasteiger partial charge in [0.1, 0.15) is 18.0 Å². The second-order valence-corrected chi connectivity index (χ2v) is 3.59. The zero-order chi connectivity index (χ0) is 12.0. The molecule has 0 fully saturated rings. The lowest BCUT2D eigenvalue weighted by Crippen LogP contribution is -2.25. The van der Waals surface area contributed by atoms with Gasteiger partial charge in [-0.05, 0) is 20.3 Å². The maximum Gasteiger partial charge on any atom is 0.148 e. The Morgan fingerprint density at radius 3 is 2.44 bits per heavy atom. The van der Waals surface area contributed by atoms with Gasteiger partial charge in [0.25, 0.3) is 0 Å². The van der Waals surface area contributed by atoms with Crippen LogP contribution >= 0.6 is 0 Å². The van der Waals surface area contributed by atoms with Gasteiger partial charge in [-0.15, -0.1) is 0 Å². The molecular formula is C11H21N5. The van der Waals surface area contributed by atoms with Crippen molar-refractivity contribution in [2.45, 2.75) is 33.6 Å². The number of hydrazine groups is 1. The molecule has 0 aliphatic heterocycles. The van der Waals surface area contributed by atoms with Crippen molar-refractivity contribution in [3.8, 4) is 0 Å². The van der Waals surface area contributed by atoms with Gasteiger partial charge >= 0.3 is 0 Å². The second kappa shape index (κ2) is 6.27. The molecule has 0 saturated carbocycles. The van der Waals surface area contributed by atoms with Crippen molar-refractivity contribution in [1.29, 1.82) is 0 Å². The number of nitrogen functional groups attached to an aromatic ring is 1. The lowest BCUT2D eigenvalue weighted by Gasteiger charge is -2.23. The third kappa shape index (κ3) is 2.61. The molecule has 0 amide bonds. The largest absolute Gasteiger partial charge is 0.357 e. The zero-order valence-electron chi connectivity index (χ0n) is 10.3. The summed E-state index contributed by atoms with van der Waals surface area (Å²) >= 11 is 0. The molecule has 0 spiro atoms. The molecule has 1 aromatic rings. The summed E-state index contributed by atoms with van der Waals surface area (Å²) in [4.78, 5) is 10.7. The number of nitrogens with one attached hydrogen (secondary N) is 1. The van der Waals surface area contributed by atoms with Crippen LogP contribution in [0.3, 0.4) is 0 Å². The third-order valence-electron chi connectivity index (χ3n) is 2.62. The molecule has 5 nitrogen and oxygen atoms in total. The molecule has 0 atom stereocenters. The van der Waals surface area contributed by atoms with E-state index in [1.165, 1.54) is 0 Å². The summed E-state index contributed by atoms with van der Waals surface area (Å²) in [5.74, 6) is 7.20. The average Bonchev–Trinajstić information content (AvgIpc) is 2.32. The van der Waals surface area contributed by atoms with E-state index in [1.807, 2.05) is 0 Å². The summed E-state index contributed by atoms with van der Waals surface area (Å²) in [6, 6.07) is 0. The van der Waals surface area contributed by atoms with E-state index in [1.54, 1.807) is 6.33 Å².